The van der Waals surface area contributed by atoms with Crippen molar-refractivity contribution < 1.29 is 14.5 Å². The molecule has 0 saturated heterocycles. The van der Waals surface area contributed by atoms with Gasteiger partial charge in [0.2, 0.25) is 6.04 Å². The molecule has 0 fully saturated rings. The molecule has 0 unspecified atom stereocenters. The van der Waals surface area contributed by atoms with E-state index in [1.807, 2.05) is 26.0 Å². The molecular formula is C18H17ClN4O4. The molecule has 2 rings (SSSR count). The Labute approximate surface area is 160 Å². The lowest BCUT2D eigenvalue weighted by molar-refractivity contribution is -0.384. The molecule has 0 aromatic heterocycles. The molecule has 0 heterocycles. The van der Waals surface area contributed by atoms with E-state index in [0.717, 1.165) is 17.2 Å². The third-order valence-electron chi connectivity index (χ3n) is 3.69. The van der Waals surface area contributed by atoms with E-state index >= 15 is 0 Å². The van der Waals surface area contributed by atoms with E-state index in [2.05, 4.69) is 15.5 Å². The van der Waals surface area contributed by atoms with E-state index in [9.17, 15) is 19.7 Å². The average molecular weight is 389 g/mol. The first kappa shape index (κ1) is 20.2. The number of carbonyl (C=O) groups is 2. The van der Waals surface area contributed by atoms with Gasteiger partial charge in [0.25, 0.3) is 11.6 Å². The molecule has 2 aromatic carbocycles. The number of rotatable bonds is 6. The highest BCUT2D eigenvalue weighted by Gasteiger charge is 2.24. The fourth-order valence-electron chi connectivity index (χ4n) is 2.32. The number of anilines is 1. The van der Waals surface area contributed by atoms with Crippen LogP contribution in [0.3, 0.4) is 0 Å². The lowest BCUT2D eigenvalue weighted by Crippen LogP contribution is -2.32. The summed E-state index contributed by atoms with van der Waals surface area (Å²) in [6.45, 7) is 4.94. The molecule has 9 heteroatoms. The minimum atomic E-state index is -1.43. The van der Waals surface area contributed by atoms with Gasteiger partial charge in [-0.15, -0.1) is 5.11 Å². The molecule has 1 N–H and O–H groups in total. The summed E-state index contributed by atoms with van der Waals surface area (Å²) in [6.07, 6.45) is 0. The minimum absolute atomic E-state index is 0.102. The molecule has 0 aliphatic carbocycles. The minimum Gasteiger partial charge on any atom is -0.324 e. The summed E-state index contributed by atoms with van der Waals surface area (Å²) < 4.78 is 0. The van der Waals surface area contributed by atoms with E-state index in [0.29, 0.717) is 5.69 Å². The van der Waals surface area contributed by atoms with Crippen LogP contribution in [-0.2, 0) is 9.59 Å². The van der Waals surface area contributed by atoms with E-state index < -0.39 is 22.7 Å². The number of aryl methyl sites for hydroxylation is 2. The van der Waals surface area contributed by atoms with Crippen LogP contribution in [-0.4, -0.2) is 22.7 Å². The van der Waals surface area contributed by atoms with Crippen LogP contribution in [0.2, 0.25) is 5.02 Å². The predicted molar refractivity (Wildman–Crippen MR) is 102 cm³/mol. The van der Waals surface area contributed by atoms with Gasteiger partial charge in [-0.2, -0.15) is 5.11 Å². The van der Waals surface area contributed by atoms with E-state index in [1.54, 1.807) is 6.07 Å². The Morgan fingerprint density at radius 3 is 2.48 bits per heavy atom. The molecule has 0 aliphatic rings. The van der Waals surface area contributed by atoms with E-state index in [1.165, 1.54) is 19.1 Å². The normalized spacial score (nSPS) is 12.0. The van der Waals surface area contributed by atoms with Crippen molar-refractivity contribution in [3.63, 3.8) is 0 Å². The molecule has 27 heavy (non-hydrogen) atoms. The number of Topliss-reactive ketones (excluding diaryl/α,β-unsaturated/α-hetero) is 1. The summed E-state index contributed by atoms with van der Waals surface area (Å²) in [5, 5.41) is 21.3. The maximum Gasteiger partial charge on any atom is 0.298 e. The van der Waals surface area contributed by atoms with Gasteiger partial charge in [-0.3, -0.25) is 19.7 Å². The van der Waals surface area contributed by atoms with Crippen molar-refractivity contribution in [1.82, 2.24) is 0 Å². The average Bonchev–Trinajstić information content (AvgIpc) is 2.58. The van der Waals surface area contributed by atoms with E-state index in [4.69, 9.17) is 11.6 Å². The third-order valence-corrected chi connectivity index (χ3v) is 3.92. The Morgan fingerprint density at radius 2 is 1.89 bits per heavy atom. The first-order chi connectivity index (χ1) is 12.7. The van der Waals surface area contributed by atoms with Crippen molar-refractivity contribution in [3.05, 3.63) is 62.7 Å². The number of halogens is 1. The smallest absolute Gasteiger partial charge is 0.298 e. The number of nitrogens with one attached hydrogen (secondary N) is 1. The number of ketones is 1. The fourth-order valence-corrected chi connectivity index (χ4v) is 2.49. The molecule has 1 atom stereocenters. The van der Waals surface area contributed by atoms with Crippen molar-refractivity contribution in [1.29, 1.82) is 0 Å². The molecule has 140 valence electrons. The van der Waals surface area contributed by atoms with Gasteiger partial charge >= 0.3 is 0 Å². The first-order valence-electron chi connectivity index (χ1n) is 7.92. The Kier molecular flexibility index (Phi) is 6.36. The lowest BCUT2D eigenvalue weighted by atomic mass is 10.1. The van der Waals surface area contributed by atoms with Gasteiger partial charge in [0.05, 0.1) is 4.92 Å². The molecule has 0 aliphatic heterocycles. The highest BCUT2D eigenvalue weighted by atomic mass is 35.5. The van der Waals surface area contributed by atoms with Crippen LogP contribution in [0.5, 0.6) is 0 Å². The molecule has 2 aromatic rings. The summed E-state index contributed by atoms with van der Waals surface area (Å²) in [5.74, 6) is -1.22. The second-order valence-electron chi connectivity index (χ2n) is 5.93. The Balaban J connectivity index is 2.27. The highest BCUT2D eigenvalue weighted by molar-refractivity contribution is 6.30. The zero-order valence-electron chi connectivity index (χ0n) is 14.9. The highest BCUT2D eigenvalue weighted by Crippen LogP contribution is 2.30. The van der Waals surface area contributed by atoms with Crippen LogP contribution in [0.1, 0.15) is 18.1 Å². The number of nitro groups is 1. The number of hydrogen-bond donors (Lipinski definition) is 1. The summed E-state index contributed by atoms with van der Waals surface area (Å²) in [4.78, 5) is 34.7. The van der Waals surface area contributed by atoms with Crippen LogP contribution >= 0.6 is 11.6 Å². The number of carbonyl (C=O) groups excluding carboxylic acids is 2. The summed E-state index contributed by atoms with van der Waals surface area (Å²) in [7, 11) is 0. The van der Waals surface area contributed by atoms with Crippen molar-refractivity contribution in [3.8, 4) is 0 Å². The number of nitro benzene ring substituents is 1. The number of amides is 1. The Morgan fingerprint density at radius 1 is 1.19 bits per heavy atom. The quantitative estimate of drug-likeness (QED) is 0.338. The first-order valence-corrected chi connectivity index (χ1v) is 8.30. The summed E-state index contributed by atoms with van der Waals surface area (Å²) in [5.41, 5.74) is 1.93. The zero-order valence-corrected chi connectivity index (χ0v) is 15.6. The largest absolute Gasteiger partial charge is 0.324 e. The molecule has 0 spiro atoms. The van der Waals surface area contributed by atoms with Gasteiger partial charge < -0.3 is 5.32 Å². The van der Waals surface area contributed by atoms with Crippen molar-refractivity contribution >= 4 is 40.4 Å². The Bertz CT molecular complexity index is 943. The molecule has 0 radical (unpaired) electrons. The topological polar surface area (TPSA) is 114 Å². The van der Waals surface area contributed by atoms with Crippen LogP contribution in [0.15, 0.2) is 46.6 Å². The fraction of sp³-hybridized carbons (Fsp3) is 0.222. The zero-order chi connectivity index (χ0) is 20.1. The SMILES string of the molecule is CC(=O)[C@@H](N=Nc1ccc(Cl)cc1[N+](=O)[O-])C(=O)Nc1ccc(C)cc1C. The van der Waals surface area contributed by atoms with Crippen molar-refractivity contribution in [2.24, 2.45) is 10.2 Å². The summed E-state index contributed by atoms with van der Waals surface area (Å²) >= 11 is 5.75. The van der Waals surface area contributed by atoms with Gasteiger partial charge in [-0.05, 0) is 44.5 Å². The predicted octanol–water partition coefficient (Wildman–Crippen LogP) is 4.55. The second kappa shape index (κ2) is 8.50. The number of hydrogen-bond acceptors (Lipinski definition) is 6. The summed E-state index contributed by atoms with van der Waals surface area (Å²) in [6, 6.07) is 7.82. The molecular weight excluding hydrogens is 372 g/mol. The van der Waals surface area contributed by atoms with Crippen LogP contribution in [0.4, 0.5) is 17.1 Å². The molecule has 1 amide bonds. The maximum atomic E-state index is 12.4. The monoisotopic (exact) mass is 388 g/mol. The lowest BCUT2D eigenvalue weighted by Gasteiger charge is -2.12. The van der Waals surface area contributed by atoms with Crippen LogP contribution < -0.4 is 5.32 Å². The Hall–Kier alpha value is -3.13. The van der Waals surface area contributed by atoms with Crippen molar-refractivity contribution in [2.75, 3.05) is 5.32 Å². The van der Waals surface area contributed by atoms with Gasteiger partial charge in [-0.1, -0.05) is 29.3 Å². The second-order valence-corrected chi connectivity index (χ2v) is 6.36. The van der Waals surface area contributed by atoms with Crippen LogP contribution in [0.25, 0.3) is 0 Å². The van der Waals surface area contributed by atoms with E-state index in [-0.39, 0.29) is 16.4 Å². The number of nitrogens with zero attached hydrogens (tertiary/aromatic N) is 3. The standard InChI is InChI=1S/C18H17ClN4O4/c1-10-4-6-14(11(2)8-10)20-18(25)17(12(3)24)22-21-15-7-5-13(19)9-16(15)23(26)27/h4-9,17H,1-3H3,(H,20,25)/t17-/m1/s1. The number of benzene rings is 2. The van der Waals surface area contributed by atoms with Gasteiger partial charge in [0.1, 0.15) is 0 Å². The van der Waals surface area contributed by atoms with Gasteiger partial charge in [-0.25, -0.2) is 0 Å². The third kappa shape index (κ3) is 5.18. The van der Waals surface area contributed by atoms with Gasteiger partial charge in [0.15, 0.2) is 11.5 Å². The molecule has 0 bridgehead atoms. The molecule has 8 nitrogen and oxygen atoms in total. The van der Waals surface area contributed by atoms with Gasteiger partial charge in [0, 0.05) is 16.8 Å². The number of azo groups is 1. The van der Waals surface area contributed by atoms with Crippen molar-refractivity contribution in [2.45, 2.75) is 26.8 Å². The van der Waals surface area contributed by atoms with Crippen LogP contribution in [0, 0.1) is 24.0 Å². The molecule has 0 saturated carbocycles. The maximum absolute atomic E-state index is 12.4.